The minimum atomic E-state index is 0.331. The van der Waals surface area contributed by atoms with Crippen LogP contribution in [-0.2, 0) is 5.88 Å². The lowest BCUT2D eigenvalue weighted by molar-refractivity contribution is 0.385. The largest absolute Gasteiger partial charge is 0.496 e. The van der Waals surface area contributed by atoms with Crippen molar-refractivity contribution >= 4 is 11.6 Å². The fraction of sp³-hybridized carbons (Fsp3) is 0.400. The monoisotopic (exact) mass is 293 g/mol. The Morgan fingerprint density at radius 3 is 2.65 bits per heavy atom. The summed E-state index contributed by atoms with van der Waals surface area (Å²) in [6.45, 7) is 0. The zero-order valence-corrected chi connectivity index (χ0v) is 12.2. The van der Waals surface area contributed by atoms with E-state index in [9.17, 15) is 0 Å². The molecule has 1 aromatic heterocycles. The van der Waals surface area contributed by atoms with E-state index >= 15 is 0 Å². The van der Waals surface area contributed by atoms with Crippen molar-refractivity contribution in [3.63, 3.8) is 0 Å². The lowest BCUT2D eigenvalue weighted by atomic mass is 10.0. The Morgan fingerprint density at radius 1 is 1.30 bits per heavy atom. The van der Waals surface area contributed by atoms with Crippen molar-refractivity contribution in [2.45, 2.75) is 24.6 Å². The third-order valence-corrected chi connectivity index (χ3v) is 3.76. The first-order valence-electron chi connectivity index (χ1n) is 6.54. The quantitative estimate of drug-likeness (QED) is 0.782. The van der Waals surface area contributed by atoms with E-state index in [1.165, 1.54) is 0 Å². The maximum atomic E-state index is 5.77. The standard InChI is InChI=1S/C15H16ClNO3/c1-18-12-6-5-11(15-17-10(7-16)8-20-15)14(19-2)13(12)9-3-4-9/h5-6,8-9H,3-4,7H2,1-2H3. The van der Waals surface area contributed by atoms with Crippen LogP contribution in [0.25, 0.3) is 11.5 Å². The number of halogens is 1. The Labute approximate surface area is 122 Å². The lowest BCUT2D eigenvalue weighted by Crippen LogP contribution is -1.98. The fourth-order valence-corrected chi connectivity index (χ4v) is 2.52. The highest BCUT2D eigenvalue weighted by Gasteiger charge is 2.32. The maximum absolute atomic E-state index is 5.77. The summed E-state index contributed by atoms with van der Waals surface area (Å²) in [5.41, 5.74) is 2.66. The highest BCUT2D eigenvalue weighted by molar-refractivity contribution is 6.16. The van der Waals surface area contributed by atoms with Gasteiger partial charge in [-0.25, -0.2) is 4.98 Å². The summed E-state index contributed by atoms with van der Waals surface area (Å²) >= 11 is 5.77. The molecular formula is C15H16ClNO3. The average Bonchev–Trinajstić information content (AvgIpc) is 3.22. The Morgan fingerprint density at radius 2 is 2.10 bits per heavy atom. The number of benzene rings is 1. The molecule has 106 valence electrons. The number of alkyl halides is 1. The molecule has 0 saturated heterocycles. The molecule has 0 bridgehead atoms. The van der Waals surface area contributed by atoms with Gasteiger partial charge in [-0.1, -0.05) is 0 Å². The van der Waals surface area contributed by atoms with Crippen LogP contribution in [0.2, 0.25) is 0 Å². The predicted octanol–water partition coefficient (Wildman–Crippen LogP) is 3.98. The van der Waals surface area contributed by atoms with Gasteiger partial charge in [0.05, 0.1) is 31.4 Å². The number of methoxy groups -OCH3 is 2. The van der Waals surface area contributed by atoms with Crippen molar-refractivity contribution in [1.29, 1.82) is 0 Å². The molecule has 1 fully saturated rings. The highest BCUT2D eigenvalue weighted by atomic mass is 35.5. The van der Waals surface area contributed by atoms with Crippen LogP contribution < -0.4 is 9.47 Å². The summed E-state index contributed by atoms with van der Waals surface area (Å²) in [5, 5.41) is 0. The van der Waals surface area contributed by atoms with Gasteiger partial charge in [0.2, 0.25) is 5.89 Å². The Hall–Kier alpha value is -1.68. The van der Waals surface area contributed by atoms with Crippen LogP contribution in [0.4, 0.5) is 0 Å². The van der Waals surface area contributed by atoms with Gasteiger partial charge >= 0.3 is 0 Å². The van der Waals surface area contributed by atoms with Gasteiger partial charge in [-0.2, -0.15) is 0 Å². The van der Waals surface area contributed by atoms with Crippen molar-refractivity contribution < 1.29 is 13.9 Å². The van der Waals surface area contributed by atoms with Crippen molar-refractivity contribution in [2.24, 2.45) is 0 Å². The van der Waals surface area contributed by atoms with Gasteiger partial charge in [-0.05, 0) is 30.9 Å². The third kappa shape index (κ3) is 2.24. The van der Waals surface area contributed by atoms with Crippen LogP contribution in [-0.4, -0.2) is 19.2 Å². The summed E-state index contributed by atoms with van der Waals surface area (Å²) in [6.07, 6.45) is 3.90. The van der Waals surface area contributed by atoms with Gasteiger partial charge in [0.1, 0.15) is 17.8 Å². The summed E-state index contributed by atoms with van der Waals surface area (Å²) in [4.78, 5) is 4.36. The molecule has 0 amide bonds. The van der Waals surface area contributed by atoms with Crippen LogP contribution in [0, 0.1) is 0 Å². The second-order valence-electron chi connectivity index (χ2n) is 4.81. The summed E-state index contributed by atoms with van der Waals surface area (Å²) in [7, 11) is 3.34. The van der Waals surface area contributed by atoms with Crippen LogP contribution in [0.15, 0.2) is 22.8 Å². The summed E-state index contributed by atoms with van der Waals surface area (Å²) in [5.74, 6) is 3.01. The number of hydrogen-bond donors (Lipinski definition) is 0. The molecule has 0 radical (unpaired) electrons. The van der Waals surface area contributed by atoms with E-state index in [1.54, 1.807) is 20.5 Å². The van der Waals surface area contributed by atoms with Gasteiger partial charge in [0.15, 0.2) is 0 Å². The topological polar surface area (TPSA) is 44.5 Å². The van der Waals surface area contributed by atoms with E-state index in [0.717, 1.165) is 35.5 Å². The molecule has 1 aliphatic carbocycles. The molecule has 0 atom stereocenters. The fourth-order valence-electron chi connectivity index (χ4n) is 2.40. The first-order valence-corrected chi connectivity index (χ1v) is 7.07. The first kappa shape index (κ1) is 13.3. The van der Waals surface area contributed by atoms with Gasteiger partial charge in [0.25, 0.3) is 0 Å². The SMILES string of the molecule is COc1ccc(-c2nc(CCl)co2)c(OC)c1C1CC1. The zero-order valence-electron chi connectivity index (χ0n) is 11.5. The molecule has 2 aromatic rings. The third-order valence-electron chi connectivity index (χ3n) is 3.48. The first-order chi connectivity index (χ1) is 9.78. The molecule has 4 nitrogen and oxygen atoms in total. The van der Waals surface area contributed by atoms with Crippen molar-refractivity contribution in [3.8, 4) is 23.0 Å². The van der Waals surface area contributed by atoms with Gasteiger partial charge in [-0.3, -0.25) is 0 Å². The van der Waals surface area contributed by atoms with Gasteiger partial charge in [-0.15, -0.1) is 11.6 Å². The van der Waals surface area contributed by atoms with Crippen LogP contribution in [0.3, 0.4) is 0 Å². The van der Waals surface area contributed by atoms with E-state index in [4.69, 9.17) is 25.5 Å². The smallest absolute Gasteiger partial charge is 0.229 e. The molecule has 0 unspecified atom stereocenters. The Balaban J connectivity index is 2.13. The van der Waals surface area contributed by atoms with E-state index in [0.29, 0.717) is 23.4 Å². The Kier molecular flexibility index (Phi) is 3.57. The zero-order chi connectivity index (χ0) is 14.1. The molecule has 1 aliphatic rings. The van der Waals surface area contributed by atoms with Crippen LogP contribution in [0.5, 0.6) is 11.5 Å². The maximum Gasteiger partial charge on any atom is 0.229 e. The van der Waals surface area contributed by atoms with Crippen molar-refractivity contribution in [1.82, 2.24) is 4.98 Å². The molecule has 0 aliphatic heterocycles. The molecule has 20 heavy (non-hydrogen) atoms. The number of ether oxygens (including phenoxy) is 2. The normalized spacial score (nSPS) is 14.3. The Bertz CT molecular complexity index is 620. The minimum Gasteiger partial charge on any atom is -0.496 e. The lowest BCUT2D eigenvalue weighted by Gasteiger charge is -2.15. The second-order valence-corrected chi connectivity index (χ2v) is 5.08. The molecule has 0 spiro atoms. The number of aromatic nitrogens is 1. The van der Waals surface area contributed by atoms with E-state index in [2.05, 4.69) is 4.98 Å². The van der Waals surface area contributed by atoms with Crippen molar-refractivity contribution in [2.75, 3.05) is 14.2 Å². The molecule has 3 rings (SSSR count). The second kappa shape index (κ2) is 5.37. The highest BCUT2D eigenvalue weighted by Crippen LogP contribution is 2.51. The summed E-state index contributed by atoms with van der Waals surface area (Å²) in [6, 6.07) is 3.85. The number of hydrogen-bond acceptors (Lipinski definition) is 4. The molecule has 5 heteroatoms. The molecule has 1 aromatic carbocycles. The number of rotatable bonds is 5. The summed E-state index contributed by atoms with van der Waals surface area (Å²) < 4.78 is 16.6. The van der Waals surface area contributed by atoms with Crippen LogP contribution >= 0.6 is 11.6 Å². The number of oxazole rings is 1. The molecular weight excluding hydrogens is 278 g/mol. The molecule has 0 N–H and O–H groups in total. The van der Waals surface area contributed by atoms with Gasteiger partial charge in [0, 0.05) is 5.56 Å². The van der Waals surface area contributed by atoms with E-state index < -0.39 is 0 Å². The average molecular weight is 294 g/mol. The minimum absolute atomic E-state index is 0.331. The molecule has 1 heterocycles. The van der Waals surface area contributed by atoms with Gasteiger partial charge < -0.3 is 13.9 Å². The number of nitrogens with zero attached hydrogens (tertiary/aromatic N) is 1. The van der Waals surface area contributed by atoms with E-state index in [1.807, 2.05) is 12.1 Å². The van der Waals surface area contributed by atoms with Crippen LogP contribution in [0.1, 0.15) is 30.0 Å². The molecule has 1 saturated carbocycles. The predicted molar refractivity (Wildman–Crippen MR) is 76.6 cm³/mol. The van der Waals surface area contributed by atoms with E-state index in [-0.39, 0.29) is 0 Å². The van der Waals surface area contributed by atoms with Crippen molar-refractivity contribution in [3.05, 3.63) is 29.7 Å².